The van der Waals surface area contributed by atoms with Gasteiger partial charge < -0.3 is 5.11 Å². The fraction of sp³-hybridized carbons (Fsp3) is 0. The van der Waals surface area contributed by atoms with Crippen molar-refractivity contribution < 1.29 is 9.90 Å². The van der Waals surface area contributed by atoms with E-state index in [-0.39, 0.29) is 11.3 Å². The Morgan fingerprint density at radius 2 is 2.14 bits per heavy atom. The smallest absolute Gasteiger partial charge is 0.356 e. The third-order valence-electron chi connectivity index (χ3n) is 1.58. The number of hydrogen-bond donors (Lipinski definition) is 3. The number of carbonyl (C=O) groups is 1. The number of hydrogen-bond acceptors (Lipinski definition) is 4. The Balaban J connectivity index is 2.90. The summed E-state index contributed by atoms with van der Waals surface area (Å²) in [6.07, 6.45) is 0. The van der Waals surface area contributed by atoms with Gasteiger partial charge in [-0.25, -0.2) is 14.4 Å². The lowest BCUT2D eigenvalue weighted by Gasteiger charge is -1.87. The number of nitrogens with zero attached hydrogens (tertiary/aromatic N) is 2. The number of fused-ring (bicyclic) bond motifs is 1. The van der Waals surface area contributed by atoms with Crippen molar-refractivity contribution in [2.45, 2.75) is 0 Å². The van der Waals surface area contributed by atoms with E-state index in [1.165, 1.54) is 0 Å². The molecular formula is C6H4N4O4. The maximum absolute atomic E-state index is 11.1. The summed E-state index contributed by atoms with van der Waals surface area (Å²) in [5.74, 6) is -1.27. The van der Waals surface area contributed by atoms with E-state index < -0.39 is 17.3 Å². The summed E-state index contributed by atoms with van der Waals surface area (Å²) in [6.45, 7) is 0. The van der Waals surface area contributed by atoms with Crippen molar-refractivity contribution in [2.75, 3.05) is 0 Å². The van der Waals surface area contributed by atoms with Gasteiger partial charge in [-0.05, 0) is 0 Å². The van der Waals surface area contributed by atoms with Crippen molar-refractivity contribution in [1.82, 2.24) is 19.6 Å². The molecule has 0 aromatic carbocycles. The molecule has 0 saturated heterocycles. The van der Waals surface area contributed by atoms with E-state index in [9.17, 15) is 14.4 Å². The van der Waals surface area contributed by atoms with Crippen LogP contribution in [0.3, 0.4) is 0 Å². The molecule has 0 atom stereocenters. The number of aromatic amines is 2. The van der Waals surface area contributed by atoms with Gasteiger partial charge in [-0.2, -0.15) is 9.61 Å². The number of aromatic carboxylic acids is 1. The highest BCUT2D eigenvalue weighted by Gasteiger charge is 2.10. The fourth-order valence-corrected chi connectivity index (χ4v) is 1.03. The largest absolute Gasteiger partial charge is 0.476 e. The molecular weight excluding hydrogens is 192 g/mol. The number of carboxylic acid groups (broad SMARTS) is 1. The number of H-pyrrole nitrogens is 2. The second-order valence-corrected chi connectivity index (χ2v) is 2.52. The van der Waals surface area contributed by atoms with Crippen LogP contribution < -0.4 is 11.4 Å². The zero-order valence-electron chi connectivity index (χ0n) is 6.64. The van der Waals surface area contributed by atoms with Crippen LogP contribution in [-0.2, 0) is 0 Å². The zero-order chi connectivity index (χ0) is 10.3. The minimum Gasteiger partial charge on any atom is -0.476 e. The average molecular weight is 196 g/mol. The Labute approximate surface area is 74.8 Å². The van der Waals surface area contributed by atoms with Gasteiger partial charge in [0.2, 0.25) is 0 Å². The molecule has 72 valence electrons. The average Bonchev–Trinajstić information content (AvgIpc) is 2.47. The van der Waals surface area contributed by atoms with Crippen molar-refractivity contribution in [2.24, 2.45) is 0 Å². The minimum atomic E-state index is -1.27. The lowest BCUT2D eigenvalue weighted by molar-refractivity contribution is 0.0690. The molecule has 0 unspecified atom stereocenters. The van der Waals surface area contributed by atoms with Crippen molar-refractivity contribution in [3.8, 4) is 0 Å². The van der Waals surface area contributed by atoms with E-state index in [0.717, 1.165) is 10.6 Å². The normalized spacial score (nSPS) is 10.6. The van der Waals surface area contributed by atoms with Gasteiger partial charge in [-0.15, -0.1) is 0 Å². The van der Waals surface area contributed by atoms with Crippen LogP contribution in [-0.4, -0.2) is 30.7 Å². The molecule has 2 aromatic rings. The highest BCUT2D eigenvalue weighted by molar-refractivity contribution is 5.86. The summed E-state index contributed by atoms with van der Waals surface area (Å²) in [4.78, 5) is 36.5. The Hall–Kier alpha value is -2.38. The second kappa shape index (κ2) is 2.55. The highest BCUT2D eigenvalue weighted by atomic mass is 16.4. The fourth-order valence-electron chi connectivity index (χ4n) is 1.03. The minimum absolute atomic E-state index is 0.0381. The summed E-state index contributed by atoms with van der Waals surface area (Å²) < 4.78 is 0.769. The first-order chi connectivity index (χ1) is 6.58. The summed E-state index contributed by atoms with van der Waals surface area (Å²) in [6, 6.07) is 1.10. The predicted molar refractivity (Wildman–Crippen MR) is 43.4 cm³/mol. The Kier molecular flexibility index (Phi) is 1.50. The van der Waals surface area contributed by atoms with Crippen LogP contribution in [0.15, 0.2) is 15.7 Å². The van der Waals surface area contributed by atoms with Gasteiger partial charge in [-0.3, -0.25) is 9.97 Å². The molecule has 2 aromatic heterocycles. The van der Waals surface area contributed by atoms with Gasteiger partial charge >= 0.3 is 17.3 Å². The van der Waals surface area contributed by atoms with Crippen molar-refractivity contribution >= 4 is 11.6 Å². The third-order valence-corrected chi connectivity index (χ3v) is 1.58. The van der Waals surface area contributed by atoms with Crippen LogP contribution in [0.4, 0.5) is 0 Å². The summed E-state index contributed by atoms with van der Waals surface area (Å²) in [7, 11) is 0. The van der Waals surface area contributed by atoms with E-state index in [1.807, 2.05) is 4.98 Å². The Morgan fingerprint density at radius 1 is 1.43 bits per heavy atom. The van der Waals surface area contributed by atoms with Gasteiger partial charge in [0.25, 0.3) is 0 Å². The summed E-state index contributed by atoms with van der Waals surface area (Å²) >= 11 is 0. The Bertz CT molecular complexity index is 619. The van der Waals surface area contributed by atoms with Crippen LogP contribution in [0.2, 0.25) is 0 Å². The second-order valence-electron chi connectivity index (χ2n) is 2.52. The first-order valence-electron chi connectivity index (χ1n) is 3.53. The molecule has 0 saturated carbocycles. The molecule has 0 radical (unpaired) electrons. The van der Waals surface area contributed by atoms with Gasteiger partial charge in [0.15, 0.2) is 5.69 Å². The summed E-state index contributed by atoms with van der Waals surface area (Å²) in [5, 5.41) is 12.0. The van der Waals surface area contributed by atoms with Crippen molar-refractivity contribution in [3.63, 3.8) is 0 Å². The molecule has 0 amide bonds. The maximum Gasteiger partial charge on any atom is 0.356 e. The molecule has 0 aliphatic heterocycles. The monoisotopic (exact) mass is 196 g/mol. The molecule has 8 heteroatoms. The molecule has 2 heterocycles. The number of carboxylic acids is 1. The quantitative estimate of drug-likeness (QED) is 0.507. The van der Waals surface area contributed by atoms with E-state index in [4.69, 9.17) is 5.11 Å². The molecule has 0 spiro atoms. The molecule has 0 fully saturated rings. The molecule has 8 nitrogen and oxygen atoms in total. The third kappa shape index (κ3) is 1.09. The van der Waals surface area contributed by atoms with Gasteiger partial charge in [-0.1, -0.05) is 0 Å². The van der Waals surface area contributed by atoms with Crippen LogP contribution >= 0.6 is 0 Å². The molecule has 0 aliphatic rings. The van der Waals surface area contributed by atoms with Crippen molar-refractivity contribution in [1.29, 1.82) is 0 Å². The van der Waals surface area contributed by atoms with E-state index in [2.05, 4.69) is 10.1 Å². The SMILES string of the molecule is O=C(O)c1cc2[nH]c(=O)[nH]c(=O)n2n1. The van der Waals surface area contributed by atoms with Gasteiger partial charge in [0, 0.05) is 6.07 Å². The maximum atomic E-state index is 11.1. The van der Waals surface area contributed by atoms with E-state index in [1.54, 1.807) is 0 Å². The predicted octanol–water partition coefficient (Wildman–Crippen LogP) is -1.59. The highest BCUT2D eigenvalue weighted by Crippen LogP contribution is 1.97. The Morgan fingerprint density at radius 3 is 2.79 bits per heavy atom. The zero-order valence-corrected chi connectivity index (χ0v) is 6.64. The van der Waals surface area contributed by atoms with Crippen LogP contribution in [0.25, 0.3) is 5.65 Å². The number of aromatic nitrogens is 4. The number of rotatable bonds is 1. The van der Waals surface area contributed by atoms with Gasteiger partial charge in [0.05, 0.1) is 0 Å². The molecule has 0 aliphatic carbocycles. The van der Waals surface area contributed by atoms with E-state index in [0.29, 0.717) is 0 Å². The van der Waals surface area contributed by atoms with Crippen LogP contribution in [0.5, 0.6) is 0 Å². The summed E-state index contributed by atoms with van der Waals surface area (Å²) in [5.41, 5.74) is -1.76. The molecule has 2 rings (SSSR count). The lowest BCUT2D eigenvalue weighted by atomic mass is 10.4. The van der Waals surface area contributed by atoms with Crippen LogP contribution in [0, 0.1) is 0 Å². The van der Waals surface area contributed by atoms with E-state index >= 15 is 0 Å². The first kappa shape index (κ1) is 8.23. The molecule has 0 bridgehead atoms. The van der Waals surface area contributed by atoms with Gasteiger partial charge in [0.1, 0.15) is 5.65 Å². The molecule has 14 heavy (non-hydrogen) atoms. The van der Waals surface area contributed by atoms with Crippen molar-refractivity contribution in [3.05, 3.63) is 32.7 Å². The first-order valence-corrected chi connectivity index (χ1v) is 3.53. The lowest BCUT2D eigenvalue weighted by Crippen LogP contribution is -2.28. The molecule has 3 N–H and O–H groups in total. The standard InChI is InChI=1S/C6H4N4O4/c11-4(12)2-1-3-7-5(13)8-6(14)10(3)9-2/h1H,(H,11,12)(H2,7,8,13,14). The number of nitrogens with one attached hydrogen (secondary N) is 2. The topological polar surface area (TPSA) is 120 Å². The van der Waals surface area contributed by atoms with Crippen LogP contribution in [0.1, 0.15) is 10.5 Å².